The van der Waals surface area contributed by atoms with Crippen molar-refractivity contribution in [3.63, 3.8) is 0 Å². The van der Waals surface area contributed by atoms with E-state index in [0.717, 1.165) is 16.5 Å². The van der Waals surface area contributed by atoms with Crippen LogP contribution in [0.5, 0.6) is 0 Å². The maximum absolute atomic E-state index is 12.7. The molecule has 1 aliphatic rings. The first-order valence-corrected chi connectivity index (χ1v) is 11.8. The van der Waals surface area contributed by atoms with Crippen LogP contribution < -0.4 is 0 Å². The molecule has 1 aromatic carbocycles. The quantitative estimate of drug-likeness (QED) is 0.307. The Kier molecular flexibility index (Phi) is 9.19. The van der Waals surface area contributed by atoms with E-state index in [1.165, 1.54) is 6.08 Å². The van der Waals surface area contributed by atoms with Crippen molar-refractivity contribution in [1.29, 1.82) is 0 Å². The lowest BCUT2D eigenvalue weighted by atomic mass is 9.89. The van der Waals surface area contributed by atoms with E-state index in [1.54, 1.807) is 33.0 Å². The summed E-state index contributed by atoms with van der Waals surface area (Å²) in [6.45, 7) is 4.84. The molecule has 4 atom stereocenters. The molecule has 0 saturated carbocycles. The predicted molar refractivity (Wildman–Crippen MR) is 127 cm³/mol. The van der Waals surface area contributed by atoms with Gasteiger partial charge >= 0.3 is 17.9 Å². The molecule has 0 unspecified atom stereocenters. The van der Waals surface area contributed by atoms with Crippen LogP contribution in [0.3, 0.4) is 0 Å². The Balaban J connectivity index is 1.80. The molecule has 1 N–H and O–H groups in total. The van der Waals surface area contributed by atoms with Crippen molar-refractivity contribution < 1.29 is 38.1 Å². The van der Waals surface area contributed by atoms with Crippen molar-refractivity contribution in [3.8, 4) is 0 Å². The van der Waals surface area contributed by atoms with Gasteiger partial charge in [0.05, 0.1) is 12.5 Å². The molecule has 0 radical (unpaired) electrons. The molecule has 188 valence electrons. The Morgan fingerprint density at radius 1 is 1.00 bits per heavy atom. The number of aromatic amines is 1. The topological polar surface area (TPSA) is 121 Å². The fraction of sp³-hybridized carbons (Fsp3) is 0.462. The summed E-state index contributed by atoms with van der Waals surface area (Å²) in [6, 6.07) is 7.66. The highest BCUT2D eigenvalue weighted by atomic mass is 16.7. The minimum Gasteiger partial charge on any atom is -0.458 e. The van der Waals surface area contributed by atoms with Gasteiger partial charge in [-0.25, -0.2) is 4.79 Å². The molecule has 35 heavy (non-hydrogen) atoms. The number of carbonyl (C=O) groups excluding carboxylic acids is 4. The first-order chi connectivity index (χ1) is 16.9. The van der Waals surface area contributed by atoms with Gasteiger partial charge in [-0.3, -0.25) is 14.4 Å². The van der Waals surface area contributed by atoms with Gasteiger partial charge < -0.3 is 23.9 Å². The fourth-order valence-electron chi connectivity index (χ4n) is 3.87. The van der Waals surface area contributed by atoms with E-state index < -0.39 is 42.3 Å². The number of aromatic nitrogens is 1. The highest BCUT2D eigenvalue weighted by Gasteiger charge is 2.47. The molecular formula is C26H31NO8. The Morgan fingerprint density at radius 3 is 2.43 bits per heavy atom. The molecule has 2 heterocycles. The van der Waals surface area contributed by atoms with E-state index >= 15 is 0 Å². The van der Waals surface area contributed by atoms with Crippen LogP contribution in [-0.4, -0.2) is 53.8 Å². The average molecular weight is 486 g/mol. The van der Waals surface area contributed by atoms with E-state index in [4.69, 9.17) is 18.9 Å². The van der Waals surface area contributed by atoms with Gasteiger partial charge in [0.1, 0.15) is 5.78 Å². The Labute approximate surface area is 203 Å². The van der Waals surface area contributed by atoms with Crippen LogP contribution in [0.15, 0.2) is 36.5 Å². The summed E-state index contributed by atoms with van der Waals surface area (Å²) in [5.74, 6) is -2.65. The van der Waals surface area contributed by atoms with Crippen LogP contribution in [0.25, 0.3) is 17.0 Å². The predicted octanol–water partition coefficient (Wildman–Crippen LogP) is 3.71. The standard InChI is InChI=1S/C26H31NO8/c1-4-17(28)13-19-25(34-23(30)6-3)21(33-22(29)5-2)15-32-26(19)35-24(31)12-11-16-14-27-20-10-8-7-9-18(16)20/h7-12,14,19,21,25-27H,4-6,13,15H2,1-3H3/b12-11+/t19-,21+,25-,26+/m1/s1. The molecule has 1 fully saturated rings. The Hall–Kier alpha value is -3.46. The van der Waals surface area contributed by atoms with E-state index in [9.17, 15) is 19.2 Å². The van der Waals surface area contributed by atoms with E-state index in [1.807, 2.05) is 24.3 Å². The number of Topliss-reactive ketones (excluding diaryl/α,β-unsaturated/α-hetero) is 1. The summed E-state index contributed by atoms with van der Waals surface area (Å²) in [4.78, 5) is 52.2. The summed E-state index contributed by atoms with van der Waals surface area (Å²) in [6.07, 6.45) is 2.01. The number of carbonyl (C=O) groups is 4. The van der Waals surface area contributed by atoms with Crippen molar-refractivity contribution in [2.24, 2.45) is 5.92 Å². The molecule has 0 aliphatic carbocycles. The van der Waals surface area contributed by atoms with Gasteiger partial charge in [-0.2, -0.15) is 0 Å². The third-order valence-electron chi connectivity index (χ3n) is 5.80. The second kappa shape index (κ2) is 12.3. The molecule has 0 bridgehead atoms. The van der Waals surface area contributed by atoms with Gasteiger partial charge in [-0.1, -0.05) is 39.0 Å². The number of H-pyrrole nitrogens is 1. The van der Waals surface area contributed by atoms with Crippen LogP contribution in [0.4, 0.5) is 0 Å². The molecule has 0 spiro atoms. The van der Waals surface area contributed by atoms with Gasteiger partial charge in [0.2, 0.25) is 6.29 Å². The molecule has 3 rings (SSSR count). The van der Waals surface area contributed by atoms with Crippen LogP contribution in [0.2, 0.25) is 0 Å². The number of esters is 3. The summed E-state index contributed by atoms with van der Waals surface area (Å²) in [5.41, 5.74) is 1.74. The maximum atomic E-state index is 12.7. The van der Waals surface area contributed by atoms with Gasteiger partial charge in [0.15, 0.2) is 12.2 Å². The number of hydrogen-bond donors (Lipinski definition) is 1. The number of ketones is 1. The number of nitrogens with one attached hydrogen (secondary N) is 1. The smallest absolute Gasteiger partial charge is 0.333 e. The molecule has 1 aromatic heterocycles. The van der Waals surface area contributed by atoms with Crippen LogP contribution >= 0.6 is 0 Å². The minimum absolute atomic E-state index is 0.0670. The summed E-state index contributed by atoms with van der Waals surface area (Å²) >= 11 is 0. The second-order valence-corrected chi connectivity index (χ2v) is 8.21. The van der Waals surface area contributed by atoms with Crippen molar-refractivity contribution in [1.82, 2.24) is 4.98 Å². The van der Waals surface area contributed by atoms with Gasteiger partial charge in [0, 0.05) is 54.4 Å². The molecular weight excluding hydrogens is 454 g/mol. The molecule has 9 nitrogen and oxygen atoms in total. The molecule has 2 aromatic rings. The van der Waals surface area contributed by atoms with Crippen LogP contribution in [0, 0.1) is 5.92 Å². The number of rotatable bonds is 10. The molecule has 1 saturated heterocycles. The monoisotopic (exact) mass is 485 g/mol. The second-order valence-electron chi connectivity index (χ2n) is 8.21. The number of benzene rings is 1. The Morgan fingerprint density at radius 2 is 1.71 bits per heavy atom. The van der Waals surface area contributed by atoms with Gasteiger partial charge in [-0.05, 0) is 12.1 Å². The SMILES string of the molecule is CCC(=O)C[C@H]1[C@H](OC(=O)/C=C/c2c[nH]c3ccccc23)OC[C@H](OC(=O)CC)[C@@H]1OC(=O)CC. The summed E-state index contributed by atoms with van der Waals surface area (Å²) in [5, 5.41) is 0.948. The molecule has 0 amide bonds. The first-order valence-electron chi connectivity index (χ1n) is 11.8. The highest BCUT2D eigenvalue weighted by molar-refractivity contribution is 5.94. The number of ether oxygens (including phenoxy) is 4. The molecule has 9 heteroatoms. The fourth-order valence-corrected chi connectivity index (χ4v) is 3.87. The zero-order chi connectivity index (χ0) is 25.4. The third-order valence-corrected chi connectivity index (χ3v) is 5.80. The third kappa shape index (κ3) is 6.79. The minimum atomic E-state index is -1.16. The average Bonchev–Trinajstić information content (AvgIpc) is 3.28. The van der Waals surface area contributed by atoms with Crippen molar-refractivity contribution in [3.05, 3.63) is 42.1 Å². The van der Waals surface area contributed by atoms with Crippen LogP contribution in [-0.2, 0) is 38.1 Å². The zero-order valence-electron chi connectivity index (χ0n) is 20.2. The van der Waals surface area contributed by atoms with E-state index in [2.05, 4.69) is 4.98 Å². The van der Waals surface area contributed by atoms with Crippen molar-refractivity contribution in [2.75, 3.05) is 6.61 Å². The van der Waals surface area contributed by atoms with E-state index in [-0.39, 0.29) is 38.1 Å². The Bertz CT molecular complexity index is 1090. The number of hydrogen-bond acceptors (Lipinski definition) is 8. The maximum Gasteiger partial charge on any atom is 0.333 e. The summed E-state index contributed by atoms with van der Waals surface area (Å²) < 4.78 is 22.3. The highest BCUT2D eigenvalue weighted by Crippen LogP contribution is 2.31. The lowest BCUT2D eigenvalue weighted by Crippen LogP contribution is -2.54. The first kappa shape index (κ1) is 26.2. The number of fused-ring (bicyclic) bond motifs is 1. The van der Waals surface area contributed by atoms with Gasteiger partial charge in [-0.15, -0.1) is 0 Å². The van der Waals surface area contributed by atoms with Crippen molar-refractivity contribution >= 4 is 40.7 Å². The largest absolute Gasteiger partial charge is 0.458 e. The summed E-state index contributed by atoms with van der Waals surface area (Å²) in [7, 11) is 0. The van der Waals surface area contributed by atoms with E-state index in [0.29, 0.717) is 0 Å². The van der Waals surface area contributed by atoms with Crippen LogP contribution in [0.1, 0.15) is 52.0 Å². The zero-order valence-corrected chi connectivity index (χ0v) is 20.2. The van der Waals surface area contributed by atoms with Gasteiger partial charge in [0.25, 0.3) is 0 Å². The van der Waals surface area contributed by atoms with Crippen molar-refractivity contribution in [2.45, 2.75) is 65.0 Å². The lowest BCUT2D eigenvalue weighted by Gasteiger charge is -2.40. The normalized spacial score (nSPS) is 22.1. The lowest BCUT2D eigenvalue weighted by molar-refractivity contribution is -0.253. The molecule has 1 aliphatic heterocycles. The number of para-hydroxylation sites is 1.